The van der Waals surface area contributed by atoms with Crippen molar-refractivity contribution in [3.05, 3.63) is 59.7 Å². The first-order chi connectivity index (χ1) is 15.1. The maximum Gasteiger partial charge on any atom is 0.253 e. The van der Waals surface area contributed by atoms with E-state index in [2.05, 4.69) is 10.9 Å². The molecule has 1 saturated heterocycles. The molecule has 1 heterocycles. The first-order valence-electron chi connectivity index (χ1n) is 10.1. The fourth-order valence-electron chi connectivity index (χ4n) is 3.31. The molecule has 0 radical (unpaired) electrons. The molecule has 0 bridgehead atoms. The van der Waals surface area contributed by atoms with Crippen molar-refractivity contribution in [1.82, 2.24) is 15.2 Å². The summed E-state index contributed by atoms with van der Waals surface area (Å²) in [6, 6.07) is 13.7. The van der Waals surface area contributed by atoms with Gasteiger partial charge in [0.1, 0.15) is 0 Å². The lowest BCUT2D eigenvalue weighted by molar-refractivity contribution is -0.131. The van der Waals surface area contributed by atoms with Crippen molar-refractivity contribution in [1.29, 1.82) is 0 Å². The Morgan fingerprint density at radius 2 is 1.56 bits per heavy atom. The molecule has 0 saturated carbocycles. The van der Waals surface area contributed by atoms with E-state index in [4.69, 9.17) is 0 Å². The average Bonchev–Trinajstić information content (AvgIpc) is 3.14. The van der Waals surface area contributed by atoms with Crippen LogP contribution in [-0.2, 0) is 24.4 Å². The van der Waals surface area contributed by atoms with Gasteiger partial charge in [0, 0.05) is 25.7 Å². The summed E-state index contributed by atoms with van der Waals surface area (Å²) in [6.07, 6.45) is 0.0251. The Labute approximate surface area is 187 Å². The summed E-state index contributed by atoms with van der Waals surface area (Å²) in [5, 5.41) is 0. The molecule has 2 aromatic rings. The number of benzene rings is 2. The fourth-order valence-corrected chi connectivity index (χ4v) is 4.43. The SMILES string of the molecule is Cc1ccc(N2CC(C(=O)NNC(=O)CN(C)S(=O)(=O)c3ccc(C)cc3)CC2=O)cc1. The van der Waals surface area contributed by atoms with Crippen molar-refractivity contribution in [2.45, 2.75) is 25.2 Å². The third-order valence-electron chi connectivity index (χ3n) is 5.26. The molecular weight excluding hydrogens is 432 g/mol. The minimum Gasteiger partial charge on any atom is -0.312 e. The van der Waals surface area contributed by atoms with Crippen molar-refractivity contribution in [3.63, 3.8) is 0 Å². The molecule has 1 aliphatic rings. The number of likely N-dealkylation sites (N-methyl/N-ethyl adjacent to an activating group) is 1. The number of hydrazine groups is 1. The van der Waals surface area contributed by atoms with Gasteiger partial charge in [0.25, 0.3) is 5.91 Å². The number of carbonyl (C=O) groups is 3. The second-order valence-corrected chi connectivity index (χ2v) is 9.90. The number of nitrogens with one attached hydrogen (secondary N) is 2. The van der Waals surface area contributed by atoms with Gasteiger partial charge in [-0.15, -0.1) is 0 Å². The van der Waals surface area contributed by atoms with Gasteiger partial charge in [-0.25, -0.2) is 8.42 Å². The molecule has 10 heteroatoms. The Bertz CT molecular complexity index is 1110. The predicted molar refractivity (Wildman–Crippen MR) is 119 cm³/mol. The first-order valence-corrected chi connectivity index (χ1v) is 11.5. The number of nitrogens with zero attached hydrogens (tertiary/aromatic N) is 2. The highest BCUT2D eigenvalue weighted by Gasteiger charge is 2.35. The van der Waals surface area contributed by atoms with E-state index < -0.39 is 34.3 Å². The van der Waals surface area contributed by atoms with Crippen molar-refractivity contribution in [2.24, 2.45) is 5.92 Å². The zero-order chi connectivity index (χ0) is 23.5. The normalized spacial score (nSPS) is 16.3. The lowest BCUT2D eigenvalue weighted by Crippen LogP contribution is -2.48. The molecule has 0 aliphatic carbocycles. The number of aryl methyl sites for hydroxylation is 2. The number of sulfonamides is 1. The van der Waals surface area contributed by atoms with Gasteiger partial charge in [-0.05, 0) is 38.1 Å². The standard InChI is InChI=1S/C22H26N4O5S/c1-15-4-8-18(9-5-15)26-13-17(12-21(26)28)22(29)24-23-20(27)14-25(3)32(30,31)19-10-6-16(2)7-11-19/h4-11,17H,12-14H2,1-3H3,(H,23,27)(H,24,29). The molecule has 1 fully saturated rings. The van der Waals surface area contributed by atoms with Gasteiger partial charge in [0.15, 0.2) is 0 Å². The minimum absolute atomic E-state index is 0.0251. The molecule has 9 nitrogen and oxygen atoms in total. The van der Waals surface area contributed by atoms with Crippen molar-refractivity contribution in [2.75, 3.05) is 25.0 Å². The van der Waals surface area contributed by atoms with Crippen LogP contribution in [-0.4, -0.2) is 50.6 Å². The lowest BCUT2D eigenvalue weighted by atomic mass is 10.1. The summed E-state index contributed by atoms with van der Waals surface area (Å²) >= 11 is 0. The quantitative estimate of drug-likeness (QED) is 0.630. The molecular formula is C22H26N4O5S. The zero-order valence-corrected chi connectivity index (χ0v) is 19.0. The molecule has 0 aromatic heterocycles. The van der Waals surface area contributed by atoms with E-state index in [9.17, 15) is 22.8 Å². The van der Waals surface area contributed by atoms with Gasteiger partial charge in [-0.1, -0.05) is 35.4 Å². The highest BCUT2D eigenvalue weighted by molar-refractivity contribution is 7.89. The van der Waals surface area contributed by atoms with Crippen LogP contribution in [0.15, 0.2) is 53.4 Å². The first kappa shape index (κ1) is 23.4. The minimum atomic E-state index is -3.84. The van der Waals surface area contributed by atoms with Gasteiger partial charge >= 0.3 is 0 Å². The number of anilines is 1. The van der Waals surface area contributed by atoms with E-state index in [0.29, 0.717) is 5.69 Å². The molecule has 2 aromatic carbocycles. The van der Waals surface area contributed by atoms with Gasteiger partial charge in [0.05, 0.1) is 17.4 Å². The van der Waals surface area contributed by atoms with E-state index in [1.807, 2.05) is 38.1 Å². The monoisotopic (exact) mass is 458 g/mol. The van der Waals surface area contributed by atoms with E-state index in [-0.39, 0.29) is 23.8 Å². The Hall–Kier alpha value is -3.24. The van der Waals surface area contributed by atoms with Crippen molar-refractivity contribution in [3.8, 4) is 0 Å². The number of hydrogen-bond donors (Lipinski definition) is 2. The van der Waals surface area contributed by atoms with Crippen LogP contribution in [0.25, 0.3) is 0 Å². The molecule has 1 atom stereocenters. The second-order valence-electron chi connectivity index (χ2n) is 7.85. The third-order valence-corrected chi connectivity index (χ3v) is 7.08. The summed E-state index contributed by atoms with van der Waals surface area (Å²) in [5.41, 5.74) is 7.20. The van der Waals surface area contributed by atoms with Crippen LogP contribution in [0.4, 0.5) is 5.69 Å². The second kappa shape index (κ2) is 9.49. The molecule has 1 unspecified atom stereocenters. The summed E-state index contributed by atoms with van der Waals surface area (Å²) in [7, 11) is -2.56. The number of hydrogen-bond acceptors (Lipinski definition) is 5. The van der Waals surface area contributed by atoms with Crippen LogP contribution in [0.3, 0.4) is 0 Å². The summed E-state index contributed by atoms with van der Waals surface area (Å²) in [5.74, 6) is -2.01. The van der Waals surface area contributed by atoms with Crippen LogP contribution < -0.4 is 15.8 Å². The largest absolute Gasteiger partial charge is 0.312 e. The summed E-state index contributed by atoms with van der Waals surface area (Å²) in [4.78, 5) is 38.5. The molecule has 0 spiro atoms. The molecule has 1 aliphatic heterocycles. The van der Waals surface area contributed by atoms with E-state index in [1.54, 1.807) is 12.1 Å². The number of amides is 3. The van der Waals surface area contributed by atoms with E-state index >= 15 is 0 Å². The van der Waals surface area contributed by atoms with Gasteiger partial charge < -0.3 is 4.90 Å². The smallest absolute Gasteiger partial charge is 0.253 e. The van der Waals surface area contributed by atoms with E-state index in [0.717, 1.165) is 15.4 Å². The van der Waals surface area contributed by atoms with Crippen LogP contribution in [0.2, 0.25) is 0 Å². The Morgan fingerprint density at radius 1 is 1.00 bits per heavy atom. The van der Waals surface area contributed by atoms with Crippen LogP contribution >= 0.6 is 0 Å². The van der Waals surface area contributed by atoms with E-state index in [1.165, 1.54) is 24.1 Å². The highest BCUT2D eigenvalue weighted by Crippen LogP contribution is 2.25. The maximum atomic E-state index is 12.6. The molecule has 3 rings (SSSR count). The summed E-state index contributed by atoms with van der Waals surface area (Å²) in [6.45, 7) is 3.51. The fraction of sp³-hybridized carbons (Fsp3) is 0.318. The summed E-state index contributed by atoms with van der Waals surface area (Å²) < 4.78 is 26.0. The molecule has 170 valence electrons. The maximum absolute atomic E-state index is 12.6. The van der Waals surface area contributed by atoms with Gasteiger partial charge in [-0.2, -0.15) is 4.31 Å². The Morgan fingerprint density at radius 3 is 2.16 bits per heavy atom. The van der Waals surface area contributed by atoms with Crippen LogP contribution in [0, 0.1) is 19.8 Å². The van der Waals surface area contributed by atoms with Crippen LogP contribution in [0.1, 0.15) is 17.5 Å². The topological polar surface area (TPSA) is 116 Å². The average molecular weight is 459 g/mol. The number of rotatable bonds is 6. The van der Waals surface area contributed by atoms with Crippen LogP contribution in [0.5, 0.6) is 0 Å². The lowest BCUT2D eigenvalue weighted by Gasteiger charge is -2.18. The third kappa shape index (κ3) is 5.32. The highest BCUT2D eigenvalue weighted by atomic mass is 32.2. The van der Waals surface area contributed by atoms with Crippen molar-refractivity contribution >= 4 is 33.4 Å². The molecule has 2 N–H and O–H groups in total. The predicted octanol–water partition coefficient (Wildman–Crippen LogP) is 1.12. The Kier molecular flexibility index (Phi) is 6.95. The van der Waals surface area contributed by atoms with Gasteiger partial charge in [-0.3, -0.25) is 25.2 Å². The Balaban J connectivity index is 1.52. The van der Waals surface area contributed by atoms with Gasteiger partial charge in [0.2, 0.25) is 21.8 Å². The van der Waals surface area contributed by atoms with Crippen molar-refractivity contribution < 1.29 is 22.8 Å². The molecule has 3 amide bonds. The zero-order valence-electron chi connectivity index (χ0n) is 18.2. The molecule has 32 heavy (non-hydrogen) atoms. The number of carbonyl (C=O) groups excluding carboxylic acids is 3.